The maximum absolute atomic E-state index is 12.3. The number of hydrogen-bond acceptors (Lipinski definition) is 1. The molecule has 0 aromatic heterocycles. The molecule has 0 aliphatic heterocycles. The van der Waals surface area contributed by atoms with Gasteiger partial charge in [-0.15, -0.1) is 0 Å². The van der Waals surface area contributed by atoms with Gasteiger partial charge in [-0.1, -0.05) is 0 Å². The Morgan fingerprint density at radius 1 is 1.00 bits per heavy atom. The topological polar surface area (TPSA) is 9.23 Å². The lowest BCUT2D eigenvalue weighted by Gasteiger charge is -2.28. The Balaban J connectivity index is 4.95. The highest BCUT2D eigenvalue weighted by molar-refractivity contribution is 6.22. The highest BCUT2D eigenvalue weighted by atomic mass is 35.5. The van der Waals surface area contributed by atoms with Gasteiger partial charge in [-0.3, -0.25) is 0 Å². The summed E-state index contributed by atoms with van der Waals surface area (Å²) >= 11 is 3.87. The molecule has 0 aliphatic rings. The third-order valence-corrected chi connectivity index (χ3v) is 1.25. The Morgan fingerprint density at radius 2 is 1.33 bits per heavy atom. The minimum Gasteiger partial charge on any atom is -0.337 e. The number of rotatable bonds is 2. The van der Waals surface area contributed by atoms with Gasteiger partial charge >= 0.3 is 17.4 Å². The summed E-state index contributed by atoms with van der Waals surface area (Å²) in [6.07, 6.45) is -5.88. The number of halogens is 7. The van der Waals surface area contributed by atoms with Crippen LogP contribution in [0.4, 0.5) is 26.3 Å². The highest BCUT2D eigenvalue weighted by Crippen LogP contribution is 2.47. The van der Waals surface area contributed by atoms with E-state index in [0.717, 1.165) is 0 Å². The molecule has 0 aromatic rings. The fourth-order valence-corrected chi connectivity index (χ4v) is 0.576. The predicted octanol–water partition coefficient (Wildman–Crippen LogP) is 2.69. The average molecular weight is 217 g/mol. The fraction of sp³-hybridized carbons (Fsp3) is 1.00. The largest absolute Gasteiger partial charge is 0.456 e. The van der Waals surface area contributed by atoms with Gasteiger partial charge in [-0.2, -0.15) is 26.3 Å². The van der Waals surface area contributed by atoms with Crippen molar-refractivity contribution in [1.29, 1.82) is 0 Å². The smallest absolute Gasteiger partial charge is 0.337 e. The molecule has 0 saturated carbocycles. The zero-order valence-electron chi connectivity index (χ0n) is 5.55. The molecule has 1 unspecified atom stereocenters. The van der Waals surface area contributed by atoms with Crippen LogP contribution in [0.2, 0.25) is 0 Å². The van der Waals surface area contributed by atoms with E-state index in [2.05, 4.69) is 16.3 Å². The highest BCUT2D eigenvalue weighted by Gasteiger charge is 2.72. The van der Waals surface area contributed by atoms with E-state index < -0.39 is 17.4 Å². The van der Waals surface area contributed by atoms with E-state index >= 15 is 0 Å². The van der Waals surface area contributed by atoms with Crippen LogP contribution < -0.4 is 0 Å². The minimum absolute atomic E-state index is 0.143. The van der Waals surface area contributed by atoms with E-state index in [0.29, 0.717) is 0 Å². The Labute approximate surface area is 68.2 Å². The summed E-state index contributed by atoms with van der Waals surface area (Å²) in [7, 11) is 0.143. The summed E-state index contributed by atoms with van der Waals surface area (Å²) in [5.41, 5.74) is 0. The van der Waals surface area contributed by atoms with Crippen LogP contribution in [0.3, 0.4) is 0 Å². The molecule has 0 aromatic carbocycles. The van der Waals surface area contributed by atoms with Crippen LogP contribution >= 0.6 is 11.6 Å². The summed E-state index contributed by atoms with van der Waals surface area (Å²) in [4.78, 5) is 0. The minimum atomic E-state index is -5.88. The molecule has 0 radical (unpaired) electrons. The van der Waals surface area contributed by atoms with E-state index in [9.17, 15) is 26.3 Å². The molecule has 0 spiro atoms. The van der Waals surface area contributed by atoms with Gasteiger partial charge in [-0.25, -0.2) is 0 Å². The Kier molecular flexibility index (Phi) is 2.91. The summed E-state index contributed by atoms with van der Waals surface area (Å²) < 4.78 is 73.5. The molecule has 0 saturated heterocycles. The van der Waals surface area contributed by atoms with Crippen molar-refractivity contribution in [2.24, 2.45) is 0 Å². The van der Waals surface area contributed by atoms with Gasteiger partial charge in [0.15, 0.2) is 0 Å². The molecule has 74 valence electrons. The standard InChI is InChI=1S/C4H3ClF6O/c1-12-2(6,3(5,7)8)4(9,10)11/h1H3. The zero-order chi connectivity index (χ0) is 10.2. The van der Waals surface area contributed by atoms with E-state index in [4.69, 9.17) is 0 Å². The van der Waals surface area contributed by atoms with Crippen LogP contribution in [0.15, 0.2) is 0 Å². The molecule has 12 heavy (non-hydrogen) atoms. The van der Waals surface area contributed by atoms with Crippen LogP contribution in [-0.2, 0) is 4.74 Å². The SMILES string of the molecule is COC(F)(C(F)(F)F)C(F)(F)Cl. The van der Waals surface area contributed by atoms with Crippen molar-refractivity contribution >= 4 is 11.6 Å². The van der Waals surface area contributed by atoms with Gasteiger partial charge in [0.2, 0.25) is 0 Å². The third-order valence-electron chi connectivity index (χ3n) is 1.01. The fourth-order valence-electron chi connectivity index (χ4n) is 0.392. The number of methoxy groups -OCH3 is 1. The van der Waals surface area contributed by atoms with Gasteiger partial charge in [0, 0.05) is 7.11 Å². The second-order valence-corrected chi connectivity index (χ2v) is 2.27. The van der Waals surface area contributed by atoms with Crippen LogP contribution in [0.5, 0.6) is 0 Å². The third kappa shape index (κ3) is 1.77. The molecule has 0 aliphatic carbocycles. The van der Waals surface area contributed by atoms with E-state index in [1.807, 2.05) is 0 Å². The van der Waals surface area contributed by atoms with Crippen molar-refractivity contribution in [3.05, 3.63) is 0 Å². The molecule has 1 atom stereocenters. The Morgan fingerprint density at radius 3 is 1.33 bits per heavy atom. The lowest BCUT2D eigenvalue weighted by atomic mass is 10.3. The van der Waals surface area contributed by atoms with Crippen molar-refractivity contribution < 1.29 is 31.1 Å². The summed E-state index contributed by atoms with van der Waals surface area (Å²) in [5.74, 6) is -5.15. The first-order chi connectivity index (χ1) is 5.06. The molecule has 0 heterocycles. The van der Waals surface area contributed by atoms with Crippen molar-refractivity contribution in [3.8, 4) is 0 Å². The van der Waals surface area contributed by atoms with Crippen LogP contribution in [0.25, 0.3) is 0 Å². The van der Waals surface area contributed by atoms with E-state index in [1.54, 1.807) is 0 Å². The van der Waals surface area contributed by atoms with E-state index in [-0.39, 0.29) is 7.11 Å². The Hall–Kier alpha value is -0.170. The molecule has 0 rings (SSSR count). The lowest BCUT2D eigenvalue weighted by Crippen LogP contribution is -2.54. The first-order valence-corrected chi connectivity index (χ1v) is 2.81. The number of hydrogen-bond donors (Lipinski definition) is 0. The Bertz CT molecular complexity index is 146. The monoisotopic (exact) mass is 216 g/mol. The molecular weight excluding hydrogens is 213 g/mol. The summed E-state index contributed by atoms with van der Waals surface area (Å²) in [6, 6.07) is 0. The predicted molar refractivity (Wildman–Crippen MR) is 27.7 cm³/mol. The van der Waals surface area contributed by atoms with Crippen LogP contribution in [0.1, 0.15) is 0 Å². The maximum Gasteiger partial charge on any atom is 0.456 e. The first-order valence-electron chi connectivity index (χ1n) is 2.44. The van der Waals surface area contributed by atoms with Gasteiger partial charge in [0.1, 0.15) is 0 Å². The first kappa shape index (κ1) is 11.8. The lowest BCUT2D eigenvalue weighted by molar-refractivity contribution is -0.373. The van der Waals surface area contributed by atoms with Crippen molar-refractivity contribution in [3.63, 3.8) is 0 Å². The van der Waals surface area contributed by atoms with Gasteiger partial charge in [-0.05, 0) is 11.6 Å². The van der Waals surface area contributed by atoms with Gasteiger partial charge in [0.25, 0.3) is 0 Å². The molecule has 0 fully saturated rings. The molecular formula is C4H3ClF6O. The van der Waals surface area contributed by atoms with Gasteiger partial charge < -0.3 is 4.74 Å². The molecule has 0 N–H and O–H groups in total. The van der Waals surface area contributed by atoms with Crippen molar-refractivity contribution in [2.75, 3.05) is 7.11 Å². The average Bonchev–Trinajstić information content (AvgIpc) is 1.81. The second kappa shape index (κ2) is 2.95. The quantitative estimate of drug-likeness (QED) is 0.509. The molecule has 1 nitrogen and oxygen atoms in total. The van der Waals surface area contributed by atoms with Crippen LogP contribution in [-0.4, -0.2) is 24.5 Å². The molecule has 0 amide bonds. The van der Waals surface area contributed by atoms with Gasteiger partial charge in [0.05, 0.1) is 0 Å². The summed E-state index contributed by atoms with van der Waals surface area (Å²) in [5, 5.41) is -5.15. The molecule has 0 bridgehead atoms. The maximum atomic E-state index is 12.3. The second-order valence-electron chi connectivity index (χ2n) is 1.79. The van der Waals surface area contributed by atoms with Crippen LogP contribution in [0, 0.1) is 0 Å². The number of alkyl halides is 7. The van der Waals surface area contributed by atoms with Crippen molar-refractivity contribution in [1.82, 2.24) is 0 Å². The van der Waals surface area contributed by atoms with Crippen molar-refractivity contribution in [2.45, 2.75) is 17.4 Å². The molecule has 8 heteroatoms. The normalized spacial score (nSPS) is 19.0. The zero-order valence-corrected chi connectivity index (χ0v) is 6.31. The number of ether oxygens (including phenoxy) is 1. The summed E-state index contributed by atoms with van der Waals surface area (Å²) in [6.45, 7) is 0. The van der Waals surface area contributed by atoms with E-state index in [1.165, 1.54) is 0 Å².